The van der Waals surface area contributed by atoms with Gasteiger partial charge in [-0.3, -0.25) is 0 Å². The second-order valence-corrected chi connectivity index (χ2v) is 6.09. The van der Waals surface area contributed by atoms with E-state index in [0.29, 0.717) is 4.34 Å². The first kappa shape index (κ1) is 14.3. The maximum Gasteiger partial charge on any atom is 0.0991 e. The monoisotopic (exact) mass is 281 g/mol. The summed E-state index contributed by atoms with van der Waals surface area (Å²) in [6.07, 6.45) is 1.33. The van der Waals surface area contributed by atoms with E-state index in [0.717, 1.165) is 29.3 Å². The van der Waals surface area contributed by atoms with Crippen molar-refractivity contribution in [3.8, 4) is 0 Å². The normalized spacial score (nSPS) is 15.1. The van der Waals surface area contributed by atoms with Crippen LogP contribution in [0.25, 0.3) is 0 Å². The summed E-state index contributed by atoms with van der Waals surface area (Å²) in [5, 5.41) is 12.7. The Hall–Kier alpha value is 0.200. The van der Waals surface area contributed by atoms with Crippen molar-refractivity contribution in [3.63, 3.8) is 0 Å². The Kier molecular flexibility index (Phi) is 6.08. The second kappa shape index (κ2) is 6.82. The minimum absolute atomic E-state index is 0.167. The van der Waals surface area contributed by atoms with Crippen molar-refractivity contribution in [1.82, 2.24) is 5.32 Å². The summed E-state index contributed by atoms with van der Waals surface area (Å²) < 4.78 is 1.45. The highest BCUT2D eigenvalue weighted by Gasteiger charge is 2.13. The molecule has 0 fully saturated rings. The minimum atomic E-state index is -0.221. The molecule has 1 heterocycles. The molecule has 0 aromatic carbocycles. The second-order valence-electron chi connectivity index (χ2n) is 3.81. The van der Waals surface area contributed by atoms with Crippen molar-refractivity contribution >= 4 is 34.5 Å². The molecule has 0 bridgehead atoms. The third-order valence-electron chi connectivity index (χ3n) is 2.55. The van der Waals surface area contributed by atoms with Gasteiger partial charge in [-0.25, -0.2) is 0 Å². The van der Waals surface area contributed by atoms with Crippen molar-refractivity contribution in [3.05, 3.63) is 20.3 Å². The maximum atomic E-state index is 9.41. The van der Waals surface area contributed by atoms with Crippen LogP contribution in [0.3, 0.4) is 0 Å². The molecule has 2 N–H and O–H groups in total. The van der Waals surface area contributed by atoms with Crippen LogP contribution in [0.4, 0.5) is 0 Å². The number of aliphatic hydroxyl groups is 1. The molecule has 0 aliphatic carbocycles. The average molecular weight is 282 g/mol. The predicted molar refractivity (Wildman–Crippen MR) is 71.7 cm³/mol. The van der Waals surface area contributed by atoms with Crippen molar-refractivity contribution < 1.29 is 5.11 Å². The number of aliphatic hydroxyl groups excluding tert-OH is 1. The number of halogens is 2. The zero-order valence-corrected chi connectivity index (χ0v) is 11.8. The lowest BCUT2D eigenvalue weighted by Crippen LogP contribution is -2.23. The number of rotatable bonds is 6. The molecule has 2 unspecified atom stereocenters. The molecule has 5 heteroatoms. The van der Waals surface area contributed by atoms with Crippen LogP contribution in [0, 0.1) is 0 Å². The Morgan fingerprint density at radius 1 is 1.50 bits per heavy atom. The van der Waals surface area contributed by atoms with Crippen LogP contribution in [0.5, 0.6) is 0 Å². The van der Waals surface area contributed by atoms with Gasteiger partial charge in [0.25, 0.3) is 0 Å². The summed E-state index contributed by atoms with van der Waals surface area (Å²) in [4.78, 5) is 0. The fourth-order valence-corrected chi connectivity index (χ4v) is 3.07. The summed E-state index contributed by atoms with van der Waals surface area (Å²) in [5.41, 5.74) is 1.03. The van der Waals surface area contributed by atoms with Crippen LogP contribution in [0.2, 0.25) is 8.67 Å². The fourth-order valence-electron chi connectivity index (χ4n) is 1.43. The maximum absolute atomic E-state index is 9.41. The molecule has 0 aliphatic rings. The zero-order valence-electron chi connectivity index (χ0n) is 9.46. The molecule has 2 nitrogen and oxygen atoms in total. The van der Waals surface area contributed by atoms with Crippen LogP contribution < -0.4 is 5.32 Å². The van der Waals surface area contributed by atoms with Crippen LogP contribution in [-0.4, -0.2) is 17.8 Å². The third-order valence-corrected chi connectivity index (χ3v) is 4.07. The van der Waals surface area contributed by atoms with Gasteiger partial charge in [0.1, 0.15) is 0 Å². The molecule has 0 aliphatic heterocycles. The first-order valence-electron chi connectivity index (χ1n) is 5.40. The Labute approximate surface area is 111 Å². The van der Waals surface area contributed by atoms with Crippen LogP contribution >= 0.6 is 34.5 Å². The molecule has 0 saturated carbocycles. The molecular weight excluding hydrogens is 265 g/mol. The van der Waals surface area contributed by atoms with Crippen LogP contribution in [0.1, 0.15) is 38.3 Å². The average Bonchev–Trinajstić information content (AvgIpc) is 2.57. The van der Waals surface area contributed by atoms with Gasteiger partial charge in [-0.05, 0) is 37.9 Å². The Balaban J connectivity index is 2.40. The van der Waals surface area contributed by atoms with E-state index >= 15 is 0 Å². The van der Waals surface area contributed by atoms with E-state index in [4.69, 9.17) is 23.2 Å². The molecule has 92 valence electrons. The zero-order chi connectivity index (χ0) is 12.1. The largest absolute Gasteiger partial charge is 0.393 e. The van der Waals surface area contributed by atoms with Crippen molar-refractivity contribution in [2.24, 2.45) is 0 Å². The first-order chi connectivity index (χ1) is 7.54. The van der Waals surface area contributed by atoms with E-state index in [1.54, 1.807) is 0 Å². The summed E-state index contributed by atoms with van der Waals surface area (Å²) >= 11 is 13.3. The Morgan fingerprint density at radius 3 is 2.69 bits per heavy atom. The number of hydrogen-bond donors (Lipinski definition) is 2. The Morgan fingerprint density at radius 2 is 2.19 bits per heavy atom. The van der Waals surface area contributed by atoms with Crippen LogP contribution in [0.15, 0.2) is 6.07 Å². The SMILES string of the molecule is CCC(O)CCNC(C)c1cc(Cl)sc1Cl. The number of nitrogens with one attached hydrogen (secondary N) is 1. The molecule has 1 aromatic rings. The highest BCUT2D eigenvalue weighted by molar-refractivity contribution is 7.20. The van der Waals surface area contributed by atoms with Gasteiger partial charge < -0.3 is 10.4 Å². The quantitative estimate of drug-likeness (QED) is 0.830. The van der Waals surface area contributed by atoms with Gasteiger partial charge >= 0.3 is 0 Å². The standard InChI is InChI=1S/C11H17Cl2NOS/c1-3-8(15)4-5-14-7(2)9-6-10(12)16-11(9)13/h6-8,14-15H,3-5H2,1-2H3. The lowest BCUT2D eigenvalue weighted by Gasteiger charge is -2.14. The molecule has 16 heavy (non-hydrogen) atoms. The number of hydrogen-bond acceptors (Lipinski definition) is 3. The van der Waals surface area contributed by atoms with Crippen molar-refractivity contribution in [1.29, 1.82) is 0 Å². The molecule has 1 aromatic heterocycles. The molecular formula is C11H17Cl2NOS. The smallest absolute Gasteiger partial charge is 0.0991 e. The molecule has 0 spiro atoms. The topological polar surface area (TPSA) is 32.3 Å². The van der Waals surface area contributed by atoms with Gasteiger partial charge in [0, 0.05) is 6.04 Å². The molecule has 0 radical (unpaired) electrons. The summed E-state index contributed by atoms with van der Waals surface area (Å²) in [5.74, 6) is 0. The lowest BCUT2D eigenvalue weighted by molar-refractivity contribution is 0.159. The molecule has 1 rings (SSSR count). The van der Waals surface area contributed by atoms with E-state index in [-0.39, 0.29) is 12.1 Å². The minimum Gasteiger partial charge on any atom is -0.393 e. The summed E-state index contributed by atoms with van der Waals surface area (Å²) in [6.45, 7) is 4.80. The summed E-state index contributed by atoms with van der Waals surface area (Å²) in [6, 6.07) is 2.06. The lowest BCUT2D eigenvalue weighted by atomic mass is 10.1. The fraction of sp³-hybridized carbons (Fsp3) is 0.636. The first-order valence-corrected chi connectivity index (χ1v) is 6.98. The van der Waals surface area contributed by atoms with Gasteiger partial charge in [0.05, 0.1) is 14.8 Å². The van der Waals surface area contributed by atoms with Crippen LogP contribution in [-0.2, 0) is 0 Å². The van der Waals surface area contributed by atoms with Crippen molar-refractivity contribution in [2.45, 2.75) is 38.8 Å². The highest BCUT2D eigenvalue weighted by Crippen LogP contribution is 2.34. The Bertz CT molecular complexity index is 330. The molecule has 0 amide bonds. The molecule has 2 atom stereocenters. The van der Waals surface area contributed by atoms with Crippen molar-refractivity contribution in [2.75, 3.05) is 6.54 Å². The molecule has 0 saturated heterocycles. The van der Waals surface area contributed by atoms with Gasteiger partial charge in [0.2, 0.25) is 0 Å². The van der Waals surface area contributed by atoms with E-state index in [9.17, 15) is 5.11 Å². The van der Waals surface area contributed by atoms with E-state index in [2.05, 4.69) is 5.32 Å². The van der Waals surface area contributed by atoms with Gasteiger partial charge in [-0.2, -0.15) is 0 Å². The van der Waals surface area contributed by atoms with E-state index in [1.807, 2.05) is 19.9 Å². The predicted octanol–water partition coefficient (Wildman–Crippen LogP) is 3.87. The third kappa shape index (κ3) is 4.22. The van der Waals surface area contributed by atoms with Gasteiger partial charge in [-0.1, -0.05) is 30.1 Å². The van der Waals surface area contributed by atoms with E-state index in [1.165, 1.54) is 11.3 Å². The summed E-state index contributed by atoms with van der Waals surface area (Å²) in [7, 11) is 0. The van der Waals surface area contributed by atoms with Gasteiger partial charge in [-0.15, -0.1) is 11.3 Å². The number of thiophene rings is 1. The van der Waals surface area contributed by atoms with Gasteiger partial charge in [0.15, 0.2) is 0 Å². The van der Waals surface area contributed by atoms with E-state index < -0.39 is 0 Å². The highest BCUT2D eigenvalue weighted by atomic mass is 35.5.